The molecule has 2 aromatic carbocycles. The molecule has 0 aliphatic heterocycles. The van der Waals surface area contributed by atoms with Crippen molar-refractivity contribution in [3.8, 4) is 0 Å². The highest BCUT2D eigenvalue weighted by molar-refractivity contribution is 5.90. The van der Waals surface area contributed by atoms with E-state index in [9.17, 15) is 9.59 Å². The lowest BCUT2D eigenvalue weighted by Gasteiger charge is -2.38. The van der Waals surface area contributed by atoms with Gasteiger partial charge in [0.2, 0.25) is 0 Å². The minimum atomic E-state index is -0.846. The first-order valence-electron chi connectivity index (χ1n) is 9.60. The maximum atomic E-state index is 12.7. The van der Waals surface area contributed by atoms with E-state index in [4.69, 9.17) is 9.47 Å². The summed E-state index contributed by atoms with van der Waals surface area (Å²) in [5, 5.41) is 0. The second-order valence-electron chi connectivity index (χ2n) is 6.59. The molecule has 0 amide bonds. The zero-order chi connectivity index (χ0) is 19.7. The monoisotopic (exact) mass is 368 g/mol. The third-order valence-corrected chi connectivity index (χ3v) is 4.79. The lowest BCUT2D eigenvalue weighted by atomic mass is 9.86. The highest BCUT2D eigenvalue weighted by atomic mass is 16.6. The van der Waals surface area contributed by atoms with Crippen molar-refractivity contribution in [1.82, 2.24) is 0 Å². The molecule has 0 fully saturated rings. The Morgan fingerprint density at radius 3 is 1.81 bits per heavy atom. The molecular formula is C23H28O4. The predicted octanol–water partition coefficient (Wildman–Crippen LogP) is 5.43. The normalized spacial score (nSPS) is 14.0. The summed E-state index contributed by atoms with van der Waals surface area (Å²) in [5.41, 5.74) is 0.142. The summed E-state index contributed by atoms with van der Waals surface area (Å²) in [7, 11) is 0. The number of carbonyl (C=O) groups is 2. The van der Waals surface area contributed by atoms with Gasteiger partial charge < -0.3 is 9.47 Å². The van der Waals surface area contributed by atoms with Crippen molar-refractivity contribution >= 4 is 11.9 Å². The molecule has 0 saturated heterocycles. The third kappa shape index (κ3) is 5.19. The molecule has 2 aromatic rings. The predicted molar refractivity (Wildman–Crippen MR) is 106 cm³/mol. The standard InChI is InChI=1S/C23H28O4/c1-4-17-23(6-3,27-22(25)19-15-11-8-12-16-19)20(5-2)26-21(24)18-13-9-7-10-14-18/h7-16,20H,4-6,17H2,1-3H3. The van der Waals surface area contributed by atoms with Crippen molar-refractivity contribution in [1.29, 1.82) is 0 Å². The highest BCUT2D eigenvalue weighted by Gasteiger charge is 2.42. The van der Waals surface area contributed by atoms with Crippen LogP contribution in [0.4, 0.5) is 0 Å². The van der Waals surface area contributed by atoms with Crippen molar-refractivity contribution in [3.63, 3.8) is 0 Å². The van der Waals surface area contributed by atoms with Gasteiger partial charge in [0.15, 0.2) is 0 Å². The Bertz CT molecular complexity index is 727. The zero-order valence-corrected chi connectivity index (χ0v) is 16.3. The van der Waals surface area contributed by atoms with Gasteiger partial charge in [0.25, 0.3) is 0 Å². The summed E-state index contributed by atoms with van der Waals surface area (Å²) in [4.78, 5) is 25.3. The van der Waals surface area contributed by atoms with Gasteiger partial charge in [-0.05, 0) is 43.5 Å². The smallest absolute Gasteiger partial charge is 0.338 e. The van der Waals surface area contributed by atoms with Crippen LogP contribution in [-0.4, -0.2) is 23.6 Å². The topological polar surface area (TPSA) is 52.6 Å². The Kier molecular flexibility index (Phi) is 7.59. The summed E-state index contributed by atoms with van der Waals surface area (Å²) in [6.07, 6.45) is 2.06. The second kappa shape index (κ2) is 9.91. The maximum absolute atomic E-state index is 12.7. The number of ether oxygens (including phenoxy) is 2. The minimum Gasteiger partial charge on any atom is -0.455 e. The molecule has 2 atom stereocenters. The molecule has 0 spiro atoms. The second-order valence-corrected chi connectivity index (χ2v) is 6.59. The highest BCUT2D eigenvalue weighted by Crippen LogP contribution is 2.32. The Labute approximate surface area is 161 Å². The number of hydrogen-bond donors (Lipinski definition) is 0. The van der Waals surface area contributed by atoms with Crippen LogP contribution >= 0.6 is 0 Å². The van der Waals surface area contributed by atoms with Gasteiger partial charge in [0.1, 0.15) is 11.7 Å². The van der Waals surface area contributed by atoms with E-state index >= 15 is 0 Å². The van der Waals surface area contributed by atoms with Gasteiger partial charge in [-0.1, -0.05) is 63.6 Å². The van der Waals surface area contributed by atoms with Gasteiger partial charge in [-0.3, -0.25) is 0 Å². The first kappa shape index (κ1) is 20.7. The van der Waals surface area contributed by atoms with Gasteiger partial charge in [-0.25, -0.2) is 9.59 Å². The maximum Gasteiger partial charge on any atom is 0.338 e. The van der Waals surface area contributed by atoms with Crippen molar-refractivity contribution in [2.75, 3.05) is 0 Å². The fourth-order valence-corrected chi connectivity index (χ4v) is 3.33. The summed E-state index contributed by atoms with van der Waals surface area (Å²) < 4.78 is 11.8. The molecule has 0 bridgehead atoms. The Hall–Kier alpha value is -2.62. The number of carbonyl (C=O) groups excluding carboxylic acids is 2. The van der Waals surface area contributed by atoms with E-state index < -0.39 is 17.7 Å². The largest absolute Gasteiger partial charge is 0.455 e. The summed E-state index contributed by atoms with van der Waals surface area (Å²) in [5.74, 6) is -0.785. The Morgan fingerprint density at radius 2 is 1.37 bits per heavy atom. The molecule has 4 nitrogen and oxygen atoms in total. The molecule has 0 saturated carbocycles. The summed E-state index contributed by atoms with van der Waals surface area (Å²) in [6, 6.07) is 17.8. The van der Waals surface area contributed by atoms with Crippen LogP contribution in [0.5, 0.6) is 0 Å². The first-order chi connectivity index (χ1) is 13.1. The van der Waals surface area contributed by atoms with Gasteiger partial charge in [0.05, 0.1) is 11.1 Å². The van der Waals surface area contributed by atoms with Crippen LogP contribution in [-0.2, 0) is 9.47 Å². The molecular weight excluding hydrogens is 340 g/mol. The first-order valence-corrected chi connectivity index (χ1v) is 9.60. The number of hydrogen-bond acceptors (Lipinski definition) is 4. The van der Waals surface area contributed by atoms with E-state index in [-0.39, 0.29) is 5.97 Å². The van der Waals surface area contributed by atoms with E-state index in [1.165, 1.54) is 0 Å². The van der Waals surface area contributed by atoms with Crippen LogP contribution in [0, 0.1) is 0 Å². The van der Waals surface area contributed by atoms with Crippen molar-refractivity contribution in [2.24, 2.45) is 0 Å². The van der Waals surface area contributed by atoms with E-state index in [0.717, 1.165) is 6.42 Å². The molecule has 0 aromatic heterocycles. The molecule has 144 valence electrons. The molecule has 0 heterocycles. The number of benzene rings is 2. The minimum absolute atomic E-state index is 0.389. The molecule has 0 N–H and O–H groups in total. The van der Waals surface area contributed by atoms with Crippen LogP contribution < -0.4 is 0 Å². The van der Waals surface area contributed by atoms with Crippen LogP contribution in [0.1, 0.15) is 67.2 Å². The zero-order valence-electron chi connectivity index (χ0n) is 16.3. The van der Waals surface area contributed by atoms with Gasteiger partial charge in [-0.2, -0.15) is 0 Å². The fourth-order valence-electron chi connectivity index (χ4n) is 3.33. The number of esters is 2. The fraction of sp³-hybridized carbons (Fsp3) is 0.391. The lowest BCUT2D eigenvalue weighted by molar-refractivity contribution is -0.105. The third-order valence-electron chi connectivity index (χ3n) is 4.79. The van der Waals surface area contributed by atoms with Crippen LogP contribution in [0.25, 0.3) is 0 Å². The lowest BCUT2D eigenvalue weighted by Crippen LogP contribution is -2.48. The molecule has 0 aliphatic carbocycles. The van der Waals surface area contributed by atoms with Gasteiger partial charge in [0, 0.05) is 0 Å². The summed E-state index contributed by atoms with van der Waals surface area (Å²) >= 11 is 0. The molecule has 0 radical (unpaired) electrons. The molecule has 0 aliphatic rings. The molecule has 27 heavy (non-hydrogen) atoms. The van der Waals surface area contributed by atoms with Crippen LogP contribution in [0.2, 0.25) is 0 Å². The summed E-state index contributed by atoms with van der Waals surface area (Å²) in [6.45, 7) is 5.94. The average Bonchev–Trinajstić information content (AvgIpc) is 2.72. The van der Waals surface area contributed by atoms with E-state index in [0.29, 0.717) is 30.4 Å². The van der Waals surface area contributed by atoms with Crippen molar-refractivity contribution in [2.45, 2.75) is 58.2 Å². The molecule has 2 unspecified atom stereocenters. The van der Waals surface area contributed by atoms with Crippen LogP contribution in [0.15, 0.2) is 60.7 Å². The van der Waals surface area contributed by atoms with Crippen molar-refractivity contribution < 1.29 is 19.1 Å². The Morgan fingerprint density at radius 1 is 0.852 bits per heavy atom. The van der Waals surface area contributed by atoms with Crippen LogP contribution in [0.3, 0.4) is 0 Å². The van der Waals surface area contributed by atoms with E-state index in [2.05, 4.69) is 0 Å². The molecule has 2 rings (SSSR count). The van der Waals surface area contributed by atoms with E-state index in [1.807, 2.05) is 32.9 Å². The van der Waals surface area contributed by atoms with E-state index in [1.54, 1.807) is 48.5 Å². The average molecular weight is 368 g/mol. The van der Waals surface area contributed by atoms with Crippen molar-refractivity contribution in [3.05, 3.63) is 71.8 Å². The molecule has 4 heteroatoms. The SMILES string of the molecule is CCCC(CC)(OC(=O)c1ccccc1)C(CC)OC(=O)c1ccccc1. The quantitative estimate of drug-likeness (QED) is 0.554. The van der Waals surface area contributed by atoms with Gasteiger partial charge >= 0.3 is 11.9 Å². The Balaban J connectivity index is 2.25. The number of rotatable bonds is 9. The van der Waals surface area contributed by atoms with Gasteiger partial charge in [-0.15, -0.1) is 0 Å².